The van der Waals surface area contributed by atoms with Gasteiger partial charge in [0, 0.05) is 43.4 Å². The molecule has 4 aromatic heterocycles. The van der Waals surface area contributed by atoms with Gasteiger partial charge in [-0.15, -0.1) is 0 Å². The third kappa shape index (κ3) is 1.97. The van der Waals surface area contributed by atoms with Gasteiger partial charge in [-0.3, -0.25) is 0 Å². The van der Waals surface area contributed by atoms with E-state index in [9.17, 15) is 0 Å². The van der Waals surface area contributed by atoms with E-state index >= 15 is 0 Å². The predicted octanol–water partition coefficient (Wildman–Crippen LogP) is 9.03. The van der Waals surface area contributed by atoms with Crippen molar-refractivity contribution in [1.82, 2.24) is 13.8 Å². The highest BCUT2D eigenvalue weighted by atomic mass is 15.0. The summed E-state index contributed by atoms with van der Waals surface area (Å²) in [4.78, 5) is 3.75. The second kappa shape index (κ2) is 6.03. The lowest BCUT2D eigenvalue weighted by atomic mass is 10.0. The van der Waals surface area contributed by atoms with E-state index in [0.29, 0.717) is 0 Å². The van der Waals surface area contributed by atoms with Crippen LogP contribution < -0.4 is 0 Å². The van der Waals surface area contributed by atoms with Gasteiger partial charge in [-0.2, -0.15) is 0 Å². The van der Waals surface area contributed by atoms with Crippen molar-refractivity contribution in [3.63, 3.8) is 0 Å². The zero-order chi connectivity index (χ0) is 23.8. The molecule has 4 heterocycles. The van der Waals surface area contributed by atoms with E-state index in [1.807, 2.05) is 0 Å². The zero-order valence-corrected chi connectivity index (χ0v) is 19.8. The normalized spacial score (nSPS) is 12.9. The van der Waals surface area contributed by atoms with Crippen LogP contribution in [0.25, 0.3) is 87.2 Å². The lowest BCUT2D eigenvalue weighted by molar-refractivity contribution is 1.26. The molecule has 0 unspecified atom stereocenters. The summed E-state index contributed by atoms with van der Waals surface area (Å²) in [6, 6.07) is 40.1. The van der Waals surface area contributed by atoms with E-state index in [1.54, 1.807) is 0 Å². The molecule has 3 heteroatoms. The second-order valence-corrected chi connectivity index (χ2v) is 10.3. The maximum Gasteiger partial charge on any atom is 0.0810 e. The molecule has 6 aromatic carbocycles. The fourth-order valence-corrected chi connectivity index (χ4v) is 7.13. The summed E-state index contributed by atoms with van der Waals surface area (Å²) in [5, 5.41) is 10.3. The summed E-state index contributed by atoms with van der Waals surface area (Å²) in [6.07, 6.45) is 0. The SMILES string of the molecule is c1ccc2c(c1)ccc1c2c2cccc3c2n1c1c2c(cc4c5ccccc5n3c41)[nH]c1ccccc12. The highest BCUT2D eigenvalue weighted by Crippen LogP contribution is 2.45. The van der Waals surface area contributed by atoms with Gasteiger partial charge in [0.1, 0.15) is 0 Å². The number of aromatic amines is 1. The fourth-order valence-electron chi connectivity index (χ4n) is 7.13. The Morgan fingerprint density at radius 1 is 0.405 bits per heavy atom. The van der Waals surface area contributed by atoms with Crippen LogP contribution in [-0.4, -0.2) is 13.8 Å². The number of aromatic nitrogens is 3. The Morgan fingerprint density at radius 2 is 1.16 bits per heavy atom. The molecule has 10 aromatic rings. The number of rotatable bonds is 0. The van der Waals surface area contributed by atoms with Gasteiger partial charge in [0.2, 0.25) is 0 Å². The molecule has 3 nitrogen and oxygen atoms in total. The second-order valence-electron chi connectivity index (χ2n) is 10.3. The minimum absolute atomic E-state index is 1.18. The van der Waals surface area contributed by atoms with E-state index in [1.165, 1.54) is 87.2 Å². The van der Waals surface area contributed by atoms with Crippen molar-refractivity contribution in [3.8, 4) is 0 Å². The zero-order valence-electron chi connectivity index (χ0n) is 19.8. The first-order chi connectivity index (χ1) is 18.4. The summed E-state index contributed by atoms with van der Waals surface area (Å²) in [5.74, 6) is 0. The van der Waals surface area contributed by atoms with Gasteiger partial charge in [0.05, 0.1) is 33.1 Å². The molecule has 0 radical (unpaired) electrons. The molecular weight excluding hydrogens is 450 g/mol. The van der Waals surface area contributed by atoms with Crippen LogP contribution in [0.5, 0.6) is 0 Å². The number of nitrogens with one attached hydrogen (secondary N) is 1. The number of benzene rings is 6. The van der Waals surface area contributed by atoms with Gasteiger partial charge >= 0.3 is 0 Å². The third-order valence-electron chi connectivity index (χ3n) is 8.52. The summed E-state index contributed by atoms with van der Waals surface area (Å²) < 4.78 is 5.06. The van der Waals surface area contributed by atoms with Gasteiger partial charge in [0.15, 0.2) is 0 Å². The van der Waals surface area contributed by atoms with Crippen molar-refractivity contribution < 1.29 is 0 Å². The van der Waals surface area contributed by atoms with E-state index < -0.39 is 0 Å². The molecule has 0 aliphatic rings. The monoisotopic (exact) mass is 469 g/mol. The van der Waals surface area contributed by atoms with Crippen molar-refractivity contribution >= 4 is 87.2 Å². The predicted molar refractivity (Wildman–Crippen MR) is 156 cm³/mol. The lowest BCUT2D eigenvalue weighted by Gasteiger charge is -2.13. The van der Waals surface area contributed by atoms with Gasteiger partial charge in [-0.25, -0.2) is 0 Å². The van der Waals surface area contributed by atoms with Crippen LogP contribution in [0, 0.1) is 0 Å². The van der Waals surface area contributed by atoms with Gasteiger partial charge in [-0.05, 0) is 41.1 Å². The minimum atomic E-state index is 1.18. The largest absolute Gasteiger partial charge is 0.354 e. The van der Waals surface area contributed by atoms with Crippen molar-refractivity contribution in [1.29, 1.82) is 0 Å². The van der Waals surface area contributed by atoms with E-state index in [0.717, 1.165) is 0 Å². The molecular formula is C34H19N3. The Labute approximate surface area is 210 Å². The van der Waals surface area contributed by atoms with Crippen LogP contribution in [0.15, 0.2) is 109 Å². The Balaban J connectivity index is 1.68. The molecule has 170 valence electrons. The minimum Gasteiger partial charge on any atom is -0.354 e. The molecule has 0 aliphatic heterocycles. The highest BCUT2D eigenvalue weighted by Gasteiger charge is 2.24. The van der Waals surface area contributed by atoms with Crippen molar-refractivity contribution in [2.75, 3.05) is 0 Å². The smallest absolute Gasteiger partial charge is 0.0810 e. The maximum absolute atomic E-state index is 3.75. The Kier molecular flexibility index (Phi) is 2.98. The van der Waals surface area contributed by atoms with Crippen LogP contribution in [0.2, 0.25) is 0 Å². The number of hydrogen-bond acceptors (Lipinski definition) is 0. The molecule has 0 amide bonds. The quantitative estimate of drug-likeness (QED) is 0.214. The number of H-pyrrole nitrogens is 1. The summed E-state index contributed by atoms with van der Waals surface area (Å²) in [7, 11) is 0. The Hall–Kier alpha value is -5.02. The molecule has 37 heavy (non-hydrogen) atoms. The summed E-state index contributed by atoms with van der Waals surface area (Å²) in [6.45, 7) is 0. The van der Waals surface area contributed by atoms with E-state index in [2.05, 4.69) is 123 Å². The maximum atomic E-state index is 3.75. The standard InChI is InChI=1S/C34H19N3/c1-2-9-20-19(8-1)16-17-28-30(20)23-12-7-15-29-32(23)37(28)34-31-22-11-3-5-13-25(22)35-26(31)18-24-21-10-4-6-14-27(21)36(29)33(24)34/h1-18,35H. The first kappa shape index (κ1) is 18.3. The number of hydrogen-bond donors (Lipinski definition) is 1. The van der Waals surface area contributed by atoms with Crippen molar-refractivity contribution in [2.45, 2.75) is 0 Å². The molecule has 0 saturated carbocycles. The van der Waals surface area contributed by atoms with Crippen LogP contribution in [-0.2, 0) is 0 Å². The van der Waals surface area contributed by atoms with Gasteiger partial charge < -0.3 is 13.8 Å². The topological polar surface area (TPSA) is 24.6 Å². The van der Waals surface area contributed by atoms with Gasteiger partial charge in [-0.1, -0.05) is 78.9 Å². The molecule has 1 N–H and O–H groups in total. The summed E-state index contributed by atoms with van der Waals surface area (Å²) in [5.41, 5.74) is 9.95. The van der Waals surface area contributed by atoms with Crippen LogP contribution in [0.3, 0.4) is 0 Å². The number of nitrogens with zero attached hydrogens (tertiary/aromatic N) is 2. The lowest BCUT2D eigenvalue weighted by Crippen LogP contribution is -1.97. The average molecular weight is 470 g/mol. The highest BCUT2D eigenvalue weighted by molar-refractivity contribution is 6.32. The fraction of sp³-hybridized carbons (Fsp3) is 0. The Bertz CT molecular complexity index is 2570. The average Bonchev–Trinajstić information content (AvgIpc) is 3.60. The van der Waals surface area contributed by atoms with E-state index in [4.69, 9.17) is 0 Å². The van der Waals surface area contributed by atoms with Crippen molar-refractivity contribution in [2.24, 2.45) is 0 Å². The summed E-state index contributed by atoms with van der Waals surface area (Å²) >= 11 is 0. The number of fused-ring (bicyclic) bond motifs is 14. The molecule has 0 aliphatic carbocycles. The number of para-hydroxylation sites is 3. The molecule has 0 fully saturated rings. The first-order valence-electron chi connectivity index (χ1n) is 12.8. The molecule has 10 rings (SSSR count). The molecule has 0 spiro atoms. The van der Waals surface area contributed by atoms with Crippen LogP contribution in [0.4, 0.5) is 0 Å². The Morgan fingerprint density at radius 3 is 2.11 bits per heavy atom. The molecule has 0 saturated heterocycles. The van der Waals surface area contributed by atoms with Gasteiger partial charge in [0.25, 0.3) is 0 Å². The molecule has 0 atom stereocenters. The van der Waals surface area contributed by atoms with Crippen LogP contribution in [0.1, 0.15) is 0 Å². The third-order valence-corrected chi connectivity index (χ3v) is 8.52. The van der Waals surface area contributed by atoms with E-state index in [-0.39, 0.29) is 0 Å². The van der Waals surface area contributed by atoms with Crippen molar-refractivity contribution in [3.05, 3.63) is 109 Å². The molecule has 0 bridgehead atoms. The first-order valence-corrected chi connectivity index (χ1v) is 12.8. The van der Waals surface area contributed by atoms with Crippen LogP contribution >= 0.6 is 0 Å².